The van der Waals surface area contributed by atoms with E-state index in [-0.39, 0.29) is 30.1 Å². The smallest absolute Gasteiger partial charge is 0.307 e. The van der Waals surface area contributed by atoms with Gasteiger partial charge in [0.1, 0.15) is 0 Å². The number of nitrogens with one attached hydrogen (secondary N) is 5. The van der Waals surface area contributed by atoms with Crippen molar-refractivity contribution in [2.45, 2.75) is 44.9 Å². The number of carboxylic acids is 3. The van der Waals surface area contributed by atoms with E-state index >= 15 is 0 Å². The number of amides is 1. The summed E-state index contributed by atoms with van der Waals surface area (Å²) in [5, 5.41) is 46.7. The lowest BCUT2D eigenvalue weighted by atomic mass is 9.86. The zero-order valence-corrected chi connectivity index (χ0v) is 33.3. The molecule has 6 unspecified atom stereocenters. The third-order valence-corrected chi connectivity index (χ3v) is 12.3. The van der Waals surface area contributed by atoms with Crippen LogP contribution in [-0.4, -0.2) is 109 Å². The SMILES string of the molecule is O=C(O)C(Cc1cccc(CC(=O)N(CCNc2cccc(CC(C(=O)O)C3CCNC3)c2)CCNc2cccc(CC(C(=O)O)C3CCNC3)c2)c1)C1CCNC1. The van der Waals surface area contributed by atoms with Gasteiger partial charge in [0, 0.05) is 37.6 Å². The Kier molecular flexibility index (Phi) is 15.5. The van der Waals surface area contributed by atoms with Gasteiger partial charge in [-0.2, -0.15) is 0 Å². The van der Waals surface area contributed by atoms with Crippen molar-refractivity contribution in [1.29, 1.82) is 0 Å². The second kappa shape index (κ2) is 21.1. The first-order valence-electron chi connectivity index (χ1n) is 20.9. The minimum atomic E-state index is -0.793. The lowest BCUT2D eigenvalue weighted by Gasteiger charge is -2.24. The standard InChI is InChI=1S/C45H60N6O7/c52-42(26-31-5-1-4-30(20-31)23-39(43(53)54)34-10-13-46-27-34)51(18-16-49-37-8-2-6-32(21-37)24-40(44(55)56)35-11-14-47-28-35)19-17-50-38-9-3-7-33(22-38)25-41(45(57)58)36-12-15-48-29-36/h1-9,20-22,34-36,39-41,46-50H,10-19,23-29H2,(H,53,54)(H,55,56)(H,57,58). The number of hydrogen-bond donors (Lipinski definition) is 8. The molecule has 0 aromatic heterocycles. The number of anilines is 2. The van der Waals surface area contributed by atoms with E-state index in [0.717, 1.165) is 72.5 Å². The van der Waals surface area contributed by atoms with E-state index in [1.54, 1.807) is 0 Å². The number of benzene rings is 3. The number of hydrogen-bond acceptors (Lipinski definition) is 9. The van der Waals surface area contributed by atoms with Crippen LogP contribution in [0.3, 0.4) is 0 Å². The molecule has 3 fully saturated rings. The van der Waals surface area contributed by atoms with Gasteiger partial charge in [-0.05, 0) is 142 Å². The van der Waals surface area contributed by atoms with Crippen molar-refractivity contribution in [2.75, 3.05) is 76.1 Å². The Labute approximate surface area is 341 Å². The highest BCUT2D eigenvalue weighted by Crippen LogP contribution is 2.27. The third-order valence-electron chi connectivity index (χ3n) is 12.3. The van der Waals surface area contributed by atoms with Crippen LogP contribution in [0.1, 0.15) is 41.5 Å². The Bertz CT molecular complexity index is 1750. The maximum atomic E-state index is 14.0. The van der Waals surface area contributed by atoms with Crippen LogP contribution in [0.2, 0.25) is 0 Å². The van der Waals surface area contributed by atoms with Gasteiger partial charge in [-0.3, -0.25) is 19.2 Å². The van der Waals surface area contributed by atoms with Crippen LogP contribution in [0.4, 0.5) is 11.4 Å². The maximum Gasteiger partial charge on any atom is 0.307 e. The Morgan fingerprint density at radius 2 is 0.948 bits per heavy atom. The molecule has 8 N–H and O–H groups in total. The molecule has 0 saturated carbocycles. The first-order chi connectivity index (χ1) is 28.1. The van der Waals surface area contributed by atoms with Gasteiger partial charge < -0.3 is 46.8 Å². The largest absolute Gasteiger partial charge is 0.481 e. The third kappa shape index (κ3) is 12.3. The molecule has 6 atom stereocenters. The van der Waals surface area contributed by atoms with Crippen molar-refractivity contribution in [2.24, 2.45) is 35.5 Å². The fourth-order valence-electron chi connectivity index (χ4n) is 8.99. The fraction of sp³-hybridized carbons (Fsp3) is 0.511. The minimum Gasteiger partial charge on any atom is -0.481 e. The fourth-order valence-corrected chi connectivity index (χ4v) is 8.99. The highest BCUT2D eigenvalue weighted by molar-refractivity contribution is 5.79. The predicted molar refractivity (Wildman–Crippen MR) is 224 cm³/mol. The van der Waals surface area contributed by atoms with Crippen molar-refractivity contribution >= 4 is 35.2 Å². The van der Waals surface area contributed by atoms with E-state index in [4.69, 9.17) is 0 Å². The van der Waals surface area contributed by atoms with E-state index in [9.17, 15) is 34.5 Å². The molecule has 1 amide bonds. The molecule has 0 spiro atoms. The molecule has 3 heterocycles. The van der Waals surface area contributed by atoms with Crippen LogP contribution < -0.4 is 26.6 Å². The number of carboxylic acid groups (broad SMARTS) is 3. The van der Waals surface area contributed by atoms with Gasteiger partial charge in [-0.25, -0.2) is 0 Å². The number of aliphatic carboxylic acids is 3. The molecule has 0 bridgehead atoms. The summed E-state index contributed by atoms with van der Waals surface area (Å²) in [5.41, 5.74) is 5.36. The van der Waals surface area contributed by atoms with Gasteiger partial charge in [0.25, 0.3) is 0 Å². The molecular weight excluding hydrogens is 737 g/mol. The summed E-state index contributed by atoms with van der Waals surface area (Å²) in [6, 6.07) is 23.4. The topological polar surface area (TPSA) is 192 Å². The summed E-state index contributed by atoms with van der Waals surface area (Å²) in [7, 11) is 0. The maximum absolute atomic E-state index is 14.0. The van der Waals surface area contributed by atoms with Crippen LogP contribution >= 0.6 is 0 Å². The van der Waals surface area contributed by atoms with Crippen LogP contribution in [0.15, 0.2) is 72.8 Å². The first kappa shape index (κ1) is 42.6. The zero-order valence-electron chi connectivity index (χ0n) is 33.3. The Morgan fingerprint density at radius 1 is 0.569 bits per heavy atom. The summed E-state index contributed by atoms with van der Waals surface area (Å²) in [4.78, 5) is 52.3. The molecule has 0 radical (unpaired) electrons. The molecule has 312 valence electrons. The quantitative estimate of drug-likeness (QED) is 0.0735. The minimum absolute atomic E-state index is 0.0537. The average molecular weight is 797 g/mol. The van der Waals surface area contributed by atoms with Gasteiger partial charge in [-0.1, -0.05) is 48.5 Å². The lowest BCUT2D eigenvalue weighted by Crippen LogP contribution is -2.39. The zero-order chi connectivity index (χ0) is 40.9. The molecule has 3 aliphatic heterocycles. The average Bonchev–Trinajstić information content (AvgIpc) is 4.03. The Hall–Kier alpha value is -4.98. The van der Waals surface area contributed by atoms with Crippen LogP contribution in [-0.2, 0) is 44.9 Å². The van der Waals surface area contributed by atoms with Gasteiger partial charge in [0.15, 0.2) is 0 Å². The van der Waals surface area contributed by atoms with E-state index < -0.39 is 35.7 Å². The molecule has 3 aromatic carbocycles. The molecule has 3 saturated heterocycles. The van der Waals surface area contributed by atoms with Crippen molar-refractivity contribution in [3.63, 3.8) is 0 Å². The molecule has 13 heteroatoms. The Morgan fingerprint density at radius 3 is 1.33 bits per heavy atom. The molecule has 3 aliphatic rings. The lowest BCUT2D eigenvalue weighted by molar-refractivity contribution is -0.144. The van der Waals surface area contributed by atoms with Crippen molar-refractivity contribution < 1.29 is 34.5 Å². The molecule has 0 aliphatic carbocycles. The molecule has 58 heavy (non-hydrogen) atoms. The van der Waals surface area contributed by atoms with E-state index in [1.807, 2.05) is 77.7 Å². The number of rotatable bonds is 22. The second-order valence-corrected chi connectivity index (χ2v) is 16.3. The molecule has 3 aromatic rings. The van der Waals surface area contributed by atoms with E-state index in [1.165, 1.54) is 0 Å². The van der Waals surface area contributed by atoms with Crippen LogP contribution in [0, 0.1) is 35.5 Å². The van der Waals surface area contributed by atoms with Gasteiger partial charge in [-0.15, -0.1) is 0 Å². The van der Waals surface area contributed by atoms with Gasteiger partial charge >= 0.3 is 17.9 Å². The second-order valence-electron chi connectivity index (χ2n) is 16.3. The monoisotopic (exact) mass is 796 g/mol. The number of nitrogens with zero attached hydrogens (tertiary/aromatic N) is 1. The summed E-state index contributed by atoms with van der Waals surface area (Å²) >= 11 is 0. The normalized spacial score (nSPS) is 20.6. The van der Waals surface area contributed by atoms with Gasteiger partial charge in [0.2, 0.25) is 5.91 Å². The van der Waals surface area contributed by atoms with Crippen molar-refractivity contribution in [3.05, 3.63) is 95.1 Å². The van der Waals surface area contributed by atoms with Crippen molar-refractivity contribution in [3.8, 4) is 0 Å². The molecular formula is C45H60N6O7. The highest BCUT2D eigenvalue weighted by atomic mass is 16.4. The van der Waals surface area contributed by atoms with Crippen LogP contribution in [0.25, 0.3) is 0 Å². The summed E-state index contributed by atoms with van der Waals surface area (Å²) in [5.74, 6) is -3.51. The first-order valence-corrected chi connectivity index (χ1v) is 20.9. The molecule has 6 rings (SSSR count). The van der Waals surface area contributed by atoms with Crippen LogP contribution in [0.5, 0.6) is 0 Å². The number of carbonyl (C=O) groups is 4. The summed E-state index contributed by atoms with van der Waals surface area (Å²) in [6.45, 7) is 6.42. The van der Waals surface area contributed by atoms with Gasteiger partial charge in [0.05, 0.1) is 24.2 Å². The van der Waals surface area contributed by atoms with E-state index in [0.29, 0.717) is 65.1 Å². The summed E-state index contributed by atoms with van der Waals surface area (Å²) in [6.07, 6.45) is 4.03. The molecule has 13 nitrogen and oxygen atoms in total. The predicted octanol–water partition coefficient (Wildman–Crippen LogP) is 3.84. The van der Waals surface area contributed by atoms with Crippen molar-refractivity contribution in [1.82, 2.24) is 20.9 Å². The summed E-state index contributed by atoms with van der Waals surface area (Å²) < 4.78 is 0. The van der Waals surface area contributed by atoms with E-state index in [2.05, 4.69) is 26.6 Å². The Balaban J connectivity index is 1.10. The highest BCUT2D eigenvalue weighted by Gasteiger charge is 2.33. The number of carbonyl (C=O) groups excluding carboxylic acids is 1.